The van der Waals surface area contributed by atoms with Crippen molar-refractivity contribution < 1.29 is 37.7 Å². The number of aromatic nitrogens is 2. The van der Waals surface area contributed by atoms with E-state index in [1.807, 2.05) is 7.05 Å². The first-order valence-electron chi connectivity index (χ1n) is 6.05. The van der Waals surface area contributed by atoms with E-state index in [-0.39, 0.29) is 41.9 Å². The average molecular weight is 389 g/mol. The van der Waals surface area contributed by atoms with Crippen LogP contribution in [0.5, 0.6) is 0 Å². The Morgan fingerprint density at radius 3 is 2.60 bits per heavy atom. The summed E-state index contributed by atoms with van der Waals surface area (Å²) in [5, 5.41) is 0. The second-order valence-electron chi connectivity index (χ2n) is 4.58. The fourth-order valence-electron chi connectivity index (χ4n) is 1.93. The van der Waals surface area contributed by atoms with Crippen LogP contribution in [-0.4, -0.2) is 22.5 Å². The number of carbonyl (C=O) groups excluding carboxylic acids is 1. The van der Waals surface area contributed by atoms with E-state index < -0.39 is 0 Å². The highest BCUT2D eigenvalue weighted by atomic mass is 127. The van der Waals surface area contributed by atoms with Crippen molar-refractivity contribution in [2.24, 2.45) is 7.05 Å². The van der Waals surface area contributed by atoms with Crippen LogP contribution in [0.25, 0.3) is 0 Å². The van der Waals surface area contributed by atoms with Crippen molar-refractivity contribution in [1.29, 1.82) is 0 Å². The molecule has 2 aromatic rings. The van der Waals surface area contributed by atoms with Gasteiger partial charge in [-0.3, -0.25) is 0 Å². The normalized spacial score (nSPS) is 11.6. The molecular weight excluding hydrogens is 372 g/mol. The SMILES string of the molecule is CC(c1ccccc1F)N(C)C(=O)n1cc[n+](C)c1.[I-]. The molecule has 1 atom stereocenters. The Balaban J connectivity index is 0.00000200. The fourth-order valence-corrected chi connectivity index (χ4v) is 1.93. The molecule has 4 nitrogen and oxygen atoms in total. The minimum atomic E-state index is -0.332. The third kappa shape index (κ3) is 3.36. The molecule has 0 bridgehead atoms. The third-order valence-electron chi connectivity index (χ3n) is 3.23. The summed E-state index contributed by atoms with van der Waals surface area (Å²) in [6.45, 7) is 1.81. The molecule has 0 spiro atoms. The van der Waals surface area contributed by atoms with Crippen molar-refractivity contribution in [3.63, 3.8) is 0 Å². The maximum Gasteiger partial charge on any atom is 0.416 e. The molecule has 1 heterocycles. The largest absolute Gasteiger partial charge is 1.00 e. The molecule has 2 rings (SSSR count). The Morgan fingerprint density at radius 2 is 2.05 bits per heavy atom. The van der Waals surface area contributed by atoms with Crippen LogP contribution in [0.1, 0.15) is 18.5 Å². The predicted molar refractivity (Wildman–Crippen MR) is 69.0 cm³/mol. The number of rotatable bonds is 2. The average Bonchev–Trinajstić information content (AvgIpc) is 2.83. The van der Waals surface area contributed by atoms with E-state index in [4.69, 9.17) is 0 Å². The summed E-state index contributed by atoms with van der Waals surface area (Å²) < 4.78 is 17.0. The Bertz CT molecular complexity index is 600. The van der Waals surface area contributed by atoms with Gasteiger partial charge in [-0.1, -0.05) is 18.2 Å². The van der Waals surface area contributed by atoms with Gasteiger partial charge in [0.25, 0.3) is 6.33 Å². The minimum Gasteiger partial charge on any atom is -1.00 e. The summed E-state index contributed by atoms with van der Waals surface area (Å²) in [6, 6.07) is 5.97. The number of carbonyl (C=O) groups is 1. The molecule has 0 saturated heterocycles. The summed E-state index contributed by atoms with van der Waals surface area (Å²) in [6.07, 6.45) is 5.12. The first-order chi connectivity index (χ1) is 9.00. The van der Waals surface area contributed by atoms with Gasteiger partial charge in [0.1, 0.15) is 18.2 Å². The maximum atomic E-state index is 13.7. The highest BCUT2D eigenvalue weighted by Gasteiger charge is 2.24. The van der Waals surface area contributed by atoms with E-state index in [1.54, 1.807) is 55.5 Å². The van der Waals surface area contributed by atoms with Crippen LogP contribution in [-0.2, 0) is 7.05 Å². The highest BCUT2D eigenvalue weighted by Crippen LogP contribution is 2.21. The molecule has 0 radical (unpaired) electrons. The van der Waals surface area contributed by atoms with Gasteiger partial charge in [0.2, 0.25) is 0 Å². The van der Waals surface area contributed by atoms with Crippen molar-refractivity contribution in [2.75, 3.05) is 7.05 Å². The summed E-state index contributed by atoms with van der Waals surface area (Å²) >= 11 is 0. The van der Waals surface area contributed by atoms with Gasteiger partial charge < -0.3 is 28.9 Å². The van der Waals surface area contributed by atoms with Gasteiger partial charge in [-0.15, -0.1) is 0 Å². The molecule has 1 aromatic carbocycles. The summed E-state index contributed by atoms with van der Waals surface area (Å²) in [5.74, 6) is -0.298. The molecule has 0 N–H and O–H groups in total. The van der Waals surface area contributed by atoms with Crippen molar-refractivity contribution in [3.05, 3.63) is 54.4 Å². The lowest BCUT2D eigenvalue weighted by molar-refractivity contribution is -0.670. The van der Waals surface area contributed by atoms with Gasteiger partial charge >= 0.3 is 6.03 Å². The van der Waals surface area contributed by atoms with Gasteiger partial charge in [-0.25, -0.2) is 13.8 Å². The molecule has 20 heavy (non-hydrogen) atoms. The summed E-state index contributed by atoms with van der Waals surface area (Å²) in [5.41, 5.74) is 0.509. The monoisotopic (exact) mass is 389 g/mol. The van der Waals surface area contributed by atoms with Gasteiger partial charge in [0, 0.05) is 12.6 Å². The lowest BCUT2D eigenvalue weighted by atomic mass is 10.1. The molecular formula is C14H17FIN3O. The molecule has 0 aliphatic heterocycles. The topological polar surface area (TPSA) is 29.1 Å². The molecule has 0 aliphatic rings. The number of aryl methyl sites for hydroxylation is 1. The smallest absolute Gasteiger partial charge is 0.416 e. The lowest BCUT2D eigenvalue weighted by Crippen LogP contribution is -3.00. The zero-order valence-electron chi connectivity index (χ0n) is 11.6. The van der Waals surface area contributed by atoms with E-state index in [9.17, 15) is 9.18 Å². The van der Waals surface area contributed by atoms with Gasteiger partial charge in [-0.2, -0.15) is 4.57 Å². The molecule has 0 fully saturated rings. The van der Waals surface area contributed by atoms with Gasteiger partial charge in [0.05, 0.1) is 13.1 Å². The zero-order chi connectivity index (χ0) is 14.0. The molecule has 1 amide bonds. The van der Waals surface area contributed by atoms with Crippen molar-refractivity contribution in [1.82, 2.24) is 9.47 Å². The third-order valence-corrected chi connectivity index (χ3v) is 3.23. The molecule has 1 unspecified atom stereocenters. The van der Waals surface area contributed by atoms with E-state index in [0.717, 1.165) is 0 Å². The number of halogens is 2. The Hall–Kier alpha value is -1.44. The van der Waals surface area contributed by atoms with Gasteiger partial charge in [-0.05, 0) is 13.0 Å². The first kappa shape index (κ1) is 16.6. The highest BCUT2D eigenvalue weighted by molar-refractivity contribution is 5.76. The van der Waals surface area contributed by atoms with Crippen LogP contribution in [0, 0.1) is 5.82 Å². The number of nitrogens with zero attached hydrogens (tertiary/aromatic N) is 3. The quantitative estimate of drug-likeness (QED) is 0.485. The van der Waals surface area contributed by atoms with Crippen LogP contribution in [0.4, 0.5) is 9.18 Å². The van der Waals surface area contributed by atoms with Crippen LogP contribution >= 0.6 is 0 Å². The number of hydrogen-bond donors (Lipinski definition) is 0. The molecule has 6 heteroatoms. The Kier molecular flexibility index (Phi) is 5.67. The van der Waals surface area contributed by atoms with Crippen LogP contribution < -0.4 is 28.5 Å². The molecule has 0 aliphatic carbocycles. The van der Waals surface area contributed by atoms with Crippen LogP contribution in [0.2, 0.25) is 0 Å². The molecule has 0 saturated carbocycles. The van der Waals surface area contributed by atoms with Crippen molar-refractivity contribution in [2.45, 2.75) is 13.0 Å². The van der Waals surface area contributed by atoms with Crippen LogP contribution in [0.15, 0.2) is 43.0 Å². The lowest BCUT2D eigenvalue weighted by Gasteiger charge is -2.23. The predicted octanol–water partition coefficient (Wildman–Crippen LogP) is -0.883. The minimum absolute atomic E-state index is 0. The Labute approximate surface area is 134 Å². The zero-order valence-corrected chi connectivity index (χ0v) is 13.8. The second-order valence-corrected chi connectivity index (χ2v) is 4.58. The van der Waals surface area contributed by atoms with E-state index >= 15 is 0 Å². The molecule has 1 aromatic heterocycles. The number of amides is 1. The van der Waals surface area contributed by atoms with E-state index in [2.05, 4.69) is 0 Å². The van der Waals surface area contributed by atoms with Gasteiger partial charge in [0.15, 0.2) is 0 Å². The number of hydrogen-bond acceptors (Lipinski definition) is 1. The van der Waals surface area contributed by atoms with Crippen molar-refractivity contribution >= 4 is 6.03 Å². The summed E-state index contributed by atoms with van der Waals surface area (Å²) in [7, 11) is 3.50. The van der Waals surface area contributed by atoms with Crippen molar-refractivity contribution in [3.8, 4) is 0 Å². The maximum absolute atomic E-state index is 13.7. The molecule has 108 valence electrons. The Morgan fingerprint density at radius 1 is 1.40 bits per heavy atom. The standard InChI is InChI=1S/C14H17FN3O.HI/c1-11(12-6-4-5-7-13(12)15)17(3)14(19)18-9-8-16(2)10-18;/h4-11H,1-3H3;1H/q+1;/p-1. The van der Waals surface area contributed by atoms with E-state index in [0.29, 0.717) is 5.56 Å². The summed E-state index contributed by atoms with van der Waals surface area (Å²) in [4.78, 5) is 13.7. The van der Waals surface area contributed by atoms with Crippen LogP contribution in [0.3, 0.4) is 0 Å². The second kappa shape index (κ2) is 6.83. The fraction of sp³-hybridized carbons (Fsp3) is 0.286. The van der Waals surface area contributed by atoms with E-state index in [1.165, 1.54) is 15.5 Å². The number of benzene rings is 1. The first-order valence-corrected chi connectivity index (χ1v) is 6.05. The number of imidazole rings is 1.